The number of likely N-dealkylation sites (tertiary alicyclic amines) is 1. The summed E-state index contributed by atoms with van der Waals surface area (Å²) < 4.78 is 11.1. The monoisotopic (exact) mass is 432 g/mol. The molecule has 2 unspecified atom stereocenters. The molecule has 0 aromatic heterocycles. The fourth-order valence-corrected chi connectivity index (χ4v) is 5.59. The Morgan fingerprint density at radius 2 is 2.00 bits per heavy atom. The standard InChI is InChI=1S/C24H24N4O4/c1-14(29)27-7-6-15(11-27)12-28-19-5-3-2-4-16(19)24(23(28)30)10-22(25)26-18-9-21-20(8-17(18)24)31-13-32-21/h2-5,8-9,15H,6-7,10-13H2,1H3,(H2,25,26). The van der Waals surface area contributed by atoms with Crippen molar-refractivity contribution in [3.8, 4) is 11.5 Å². The fraction of sp³-hybridized carbons (Fsp3) is 0.375. The van der Waals surface area contributed by atoms with Gasteiger partial charge in [0.2, 0.25) is 18.6 Å². The number of carbonyl (C=O) groups excluding carboxylic acids is 2. The average molecular weight is 432 g/mol. The number of nitrogens with zero attached hydrogens (tertiary/aromatic N) is 3. The van der Waals surface area contributed by atoms with Crippen molar-refractivity contribution in [3.05, 3.63) is 47.5 Å². The van der Waals surface area contributed by atoms with E-state index in [2.05, 4.69) is 4.99 Å². The Labute approximate surface area is 185 Å². The number of anilines is 1. The first-order chi connectivity index (χ1) is 15.5. The Balaban J connectivity index is 1.45. The van der Waals surface area contributed by atoms with Crippen molar-refractivity contribution in [1.29, 1.82) is 0 Å². The Hall–Kier alpha value is -3.55. The van der Waals surface area contributed by atoms with Crippen LogP contribution >= 0.6 is 0 Å². The second-order valence-corrected chi connectivity index (χ2v) is 8.96. The summed E-state index contributed by atoms with van der Waals surface area (Å²) in [5.41, 5.74) is 8.62. The largest absolute Gasteiger partial charge is 0.454 e. The van der Waals surface area contributed by atoms with Crippen LogP contribution in [0.2, 0.25) is 0 Å². The van der Waals surface area contributed by atoms with E-state index in [0.29, 0.717) is 42.5 Å². The van der Waals surface area contributed by atoms with E-state index in [0.717, 1.165) is 29.8 Å². The molecule has 1 fully saturated rings. The number of amides is 2. The maximum atomic E-state index is 14.2. The number of rotatable bonds is 2. The molecular weight excluding hydrogens is 408 g/mol. The van der Waals surface area contributed by atoms with Crippen LogP contribution in [-0.4, -0.2) is 49.0 Å². The quantitative estimate of drug-likeness (QED) is 0.786. The number of fused-ring (bicyclic) bond motifs is 5. The molecule has 1 saturated heterocycles. The zero-order valence-electron chi connectivity index (χ0n) is 17.8. The molecule has 6 rings (SSSR count). The lowest BCUT2D eigenvalue weighted by Gasteiger charge is -2.33. The summed E-state index contributed by atoms with van der Waals surface area (Å²) in [5, 5.41) is 0. The number of nitrogens with two attached hydrogens (primary N) is 1. The van der Waals surface area contributed by atoms with Crippen molar-refractivity contribution in [2.45, 2.75) is 25.2 Å². The molecule has 2 amide bonds. The molecule has 0 radical (unpaired) electrons. The van der Waals surface area contributed by atoms with Crippen molar-refractivity contribution in [1.82, 2.24) is 4.90 Å². The van der Waals surface area contributed by atoms with Gasteiger partial charge in [0.1, 0.15) is 11.3 Å². The Morgan fingerprint density at radius 3 is 2.78 bits per heavy atom. The number of hydrogen-bond donors (Lipinski definition) is 1. The van der Waals surface area contributed by atoms with Crippen LogP contribution in [0, 0.1) is 5.92 Å². The van der Waals surface area contributed by atoms with Gasteiger partial charge in [0, 0.05) is 50.3 Å². The summed E-state index contributed by atoms with van der Waals surface area (Å²) in [6.07, 6.45) is 1.20. The maximum absolute atomic E-state index is 14.2. The minimum absolute atomic E-state index is 0.00191. The number of carbonyl (C=O) groups is 2. The summed E-state index contributed by atoms with van der Waals surface area (Å²) in [6.45, 7) is 3.72. The van der Waals surface area contributed by atoms with Gasteiger partial charge in [0.05, 0.1) is 5.69 Å². The molecule has 4 aliphatic rings. The van der Waals surface area contributed by atoms with Crippen molar-refractivity contribution in [3.63, 3.8) is 0 Å². The number of aliphatic imine (C=N–C) groups is 1. The van der Waals surface area contributed by atoms with E-state index >= 15 is 0 Å². The van der Waals surface area contributed by atoms with Crippen LogP contribution in [0.4, 0.5) is 11.4 Å². The van der Waals surface area contributed by atoms with Crippen LogP contribution in [0.3, 0.4) is 0 Å². The molecule has 0 bridgehead atoms. The van der Waals surface area contributed by atoms with E-state index in [9.17, 15) is 9.59 Å². The number of ether oxygens (including phenoxy) is 2. The Bertz CT molecular complexity index is 1190. The topological polar surface area (TPSA) is 97.5 Å². The molecule has 2 aromatic carbocycles. The highest BCUT2D eigenvalue weighted by Gasteiger charge is 2.55. The van der Waals surface area contributed by atoms with E-state index in [1.807, 2.05) is 46.2 Å². The van der Waals surface area contributed by atoms with Gasteiger partial charge in [0.25, 0.3) is 0 Å². The van der Waals surface area contributed by atoms with Gasteiger partial charge >= 0.3 is 0 Å². The molecule has 8 heteroatoms. The summed E-state index contributed by atoms with van der Waals surface area (Å²) in [4.78, 5) is 34.3. The first-order valence-electron chi connectivity index (χ1n) is 10.9. The van der Waals surface area contributed by atoms with Gasteiger partial charge in [-0.3, -0.25) is 9.59 Å². The van der Waals surface area contributed by atoms with E-state index in [1.54, 1.807) is 6.92 Å². The van der Waals surface area contributed by atoms with E-state index in [-0.39, 0.29) is 24.5 Å². The molecule has 2 atom stereocenters. The molecule has 0 aliphatic carbocycles. The first-order valence-corrected chi connectivity index (χ1v) is 10.9. The van der Waals surface area contributed by atoms with Gasteiger partial charge in [0.15, 0.2) is 11.5 Å². The van der Waals surface area contributed by atoms with Crippen LogP contribution in [0.5, 0.6) is 11.5 Å². The fourth-order valence-electron chi connectivity index (χ4n) is 5.59. The van der Waals surface area contributed by atoms with Gasteiger partial charge in [-0.25, -0.2) is 4.99 Å². The van der Waals surface area contributed by atoms with Crippen molar-refractivity contribution in [2.24, 2.45) is 16.6 Å². The third-order valence-electron chi connectivity index (χ3n) is 7.10. The normalized spacial score (nSPS) is 25.2. The second kappa shape index (κ2) is 6.72. The lowest BCUT2D eigenvalue weighted by Crippen LogP contribution is -2.46. The van der Waals surface area contributed by atoms with Crippen LogP contribution in [-0.2, 0) is 15.0 Å². The Kier molecular flexibility index (Phi) is 4.02. The van der Waals surface area contributed by atoms with Crippen molar-refractivity contribution in [2.75, 3.05) is 31.3 Å². The highest BCUT2D eigenvalue weighted by Crippen LogP contribution is 2.55. The summed E-state index contributed by atoms with van der Waals surface area (Å²) >= 11 is 0. The van der Waals surface area contributed by atoms with Crippen molar-refractivity contribution >= 4 is 29.0 Å². The zero-order chi connectivity index (χ0) is 22.0. The van der Waals surface area contributed by atoms with Gasteiger partial charge < -0.3 is 25.0 Å². The zero-order valence-corrected chi connectivity index (χ0v) is 17.8. The number of para-hydroxylation sites is 1. The molecule has 4 aliphatic heterocycles. The minimum atomic E-state index is -0.947. The molecule has 4 heterocycles. The van der Waals surface area contributed by atoms with Gasteiger partial charge in [-0.05, 0) is 30.0 Å². The molecule has 0 saturated carbocycles. The average Bonchev–Trinajstić information content (AvgIpc) is 3.48. The van der Waals surface area contributed by atoms with E-state index in [4.69, 9.17) is 15.2 Å². The SMILES string of the molecule is CC(=O)N1CCC(CN2C(=O)C3(CC(N)=Nc4cc5c(cc43)OCO5)c3ccccc32)C1. The molecule has 32 heavy (non-hydrogen) atoms. The molecule has 164 valence electrons. The first kappa shape index (κ1) is 19.2. The van der Waals surface area contributed by atoms with Gasteiger partial charge in [-0.15, -0.1) is 0 Å². The smallest absolute Gasteiger partial charge is 0.242 e. The lowest BCUT2D eigenvalue weighted by molar-refractivity contribution is -0.127. The minimum Gasteiger partial charge on any atom is -0.454 e. The predicted molar refractivity (Wildman–Crippen MR) is 118 cm³/mol. The van der Waals surface area contributed by atoms with Gasteiger partial charge in [-0.1, -0.05) is 18.2 Å². The van der Waals surface area contributed by atoms with Crippen LogP contribution in [0.25, 0.3) is 0 Å². The Morgan fingerprint density at radius 1 is 1.22 bits per heavy atom. The third kappa shape index (κ3) is 2.58. The molecule has 8 nitrogen and oxygen atoms in total. The predicted octanol–water partition coefficient (Wildman–Crippen LogP) is 2.31. The lowest BCUT2D eigenvalue weighted by atomic mass is 9.70. The number of amidine groups is 1. The van der Waals surface area contributed by atoms with Crippen molar-refractivity contribution < 1.29 is 19.1 Å². The molecule has 2 N–H and O–H groups in total. The van der Waals surface area contributed by atoms with E-state index in [1.165, 1.54) is 0 Å². The molecule has 2 aromatic rings. The van der Waals surface area contributed by atoms with Crippen LogP contribution in [0.15, 0.2) is 41.4 Å². The summed E-state index contributed by atoms with van der Waals surface area (Å²) in [7, 11) is 0. The third-order valence-corrected chi connectivity index (χ3v) is 7.10. The maximum Gasteiger partial charge on any atom is 0.242 e. The highest BCUT2D eigenvalue weighted by atomic mass is 16.7. The van der Waals surface area contributed by atoms with Crippen LogP contribution < -0.4 is 20.1 Å². The number of hydrogen-bond acceptors (Lipinski definition) is 6. The molecular formula is C24H24N4O4. The van der Waals surface area contributed by atoms with Crippen LogP contribution in [0.1, 0.15) is 30.9 Å². The highest BCUT2D eigenvalue weighted by molar-refractivity contribution is 6.14. The summed E-state index contributed by atoms with van der Waals surface area (Å²) in [5.74, 6) is 1.97. The van der Waals surface area contributed by atoms with E-state index < -0.39 is 5.41 Å². The van der Waals surface area contributed by atoms with Gasteiger partial charge in [-0.2, -0.15) is 0 Å². The summed E-state index contributed by atoms with van der Waals surface area (Å²) in [6, 6.07) is 11.6. The number of benzene rings is 2. The molecule has 1 spiro atoms. The second-order valence-electron chi connectivity index (χ2n) is 8.96.